The lowest BCUT2D eigenvalue weighted by molar-refractivity contribution is -0.136. The molecule has 0 radical (unpaired) electrons. The molecule has 0 spiro atoms. The maximum atomic E-state index is 13.3. The Morgan fingerprint density at radius 1 is 1.18 bits per heavy atom. The smallest absolute Gasteiger partial charge is 0.254 e. The Hall–Kier alpha value is -3.19. The summed E-state index contributed by atoms with van der Waals surface area (Å²) in [6, 6.07) is 14.4. The van der Waals surface area contributed by atoms with Gasteiger partial charge in [-0.15, -0.1) is 0 Å². The number of carbonyl (C=O) groups excluding carboxylic acids is 2. The van der Waals surface area contributed by atoms with Gasteiger partial charge in [0.05, 0.1) is 0 Å². The molecular formula is C25H27ClN4O3. The average Bonchev–Trinajstić information content (AvgIpc) is 3.32. The SMILES string of the molecule is CCN(CC(=O)N1CCCCC1c1nc(-c2cccc(Cl)c2)no1)C(=O)c1ccccc1C. The largest absolute Gasteiger partial charge is 0.337 e. The van der Waals surface area contributed by atoms with Gasteiger partial charge >= 0.3 is 0 Å². The Balaban J connectivity index is 1.51. The van der Waals surface area contributed by atoms with Crippen molar-refractivity contribution in [3.05, 3.63) is 70.6 Å². The molecule has 172 valence electrons. The first-order chi connectivity index (χ1) is 16.0. The number of hydrogen-bond acceptors (Lipinski definition) is 5. The molecule has 1 saturated heterocycles. The minimum Gasteiger partial charge on any atom is -0.337 e. The van der Waals surface area contributed by atoms with Crippen LogP contribution in [-0.4, -0.2) is 51.4 Å². The highest BCUT2D eigenvalue weighted by Gasteiger charge is 2.33. The number of likely N-dealkylation sites (tertiary alicyclic amines) is 1. The van der Waals surface area contributed by atoms with Crippen LogP contribution in [0.1, 0.15) is 54.0 Å². The van der Waals surface area contributed by atoms with Crippen LogP contribution in [0.4, 0.5) is 0 Å². The molecule has 0 saturated carbocycles. The molecule has 1 aliphatic rings. The number of benzene rings is 2. The number of piperidine rings is 1. The lowest BCUT2D eigenvalue weighted by atomic mass is 10.0. The molecule has 2 heterocycles. The molecule has 2 aromatic carbocycles. The Morgan fingerprint density at radius 2 is 2.00 bits per heavy atom. The van der Waals surface area contributed by atoms with E-state index in [0.717, 1.165) is 30.4 Å². The zero-order valence-corrected chi connectivity index (χ0v) is 19.6. The van der Waals surface area contributed by atoms with Gasteiger partial charge in [0.25, 0.3) is 5.91 Å². The molecule has 1 atom stereocenters. The highest BCUT2D eigenvalue weighted by Crippen LogP contribution is 2.31. The molecule has 0 aliphatic carbocycles. The normalized spacial score (nSPS) is 16.0. The standard InChI is InChI=1S/C25H27ClN4O3/c1-3-29(25(32)20-12-5-4-9-17(20)2)16-22(31)30-14-7-6-13-21(30)24-27-23(28-33-24)18-10-8-11-19(26)15-18/h4-5,8-12,15,21H,3,6-7,13-14,16H2,1-2H3. The number of aryl methyl sites for hydroxylation is 1. The molecule has 1 aliphatic heterocycles. The summed E-state index contributed by atoms with van der Waals surface area (Å²) in [5.41, 5.74) is 2.27. The number of amides is 2. The van der Waals surface area contributed by atoms with E-state index in [1.807, 2.05) is 44.2 Å². The zero-order chi connectivity index (χ0) is 23.4. The molecular weight excluding hydrogens is 440 g/mol. The molecule has 1 fully saturated rings. The molecule has 3 aromatic rings. The lowest BCUT2D eigenvalue weighted by Gasteiger charge is -2.35. The fraction of sp³-hybridized carbons (Fsp3) is 0.360. The average molecular weight is 467 g/mol. The van der Waals surface area contributed by atoms with E-state index in [2.05, 4.69) is 10.1 Å². The summed E-state index contributed by atoms with van der Waals surface area (Å²) in [7, 11) is 0. The maximum absolute atomic E-state index is 13.3. The van der Waals surface area contributed by atoms with Crippen molar-refractivity contribution >= 4 is 23.4 Å². The third-order valence-electron chi connectivity index (χ3n) is 6.00. The number of nitrogens with zero attached hydrogens (tertiary/aromatic N) is 4. The Labute approximate surface area is 198 Å². The van der Waals surface area contributed by atoms with E-state index in [1.165, 1.54) is 0 Å². The zero-order valence-electron chi connectivity index (χ0n) is 18.8. The lowest BCUT2D eigenvalue weighted by Crippen LogP contribution is -2.46. The van der Waals surface area contributed by atoms with Crippen LogP contribution in [0.5, 0.6) is 0 Å². The second-order valence-corrected chi connectivity index (χ2v) is 8.64. The number of likely N-dealkylation sites (N-methyl/N-ethyl adjacent to an activating group) is 1. The minimum absolute atomic E-state index is 0.00938. The first-order valence-corrected chi connectivity index (χ1v) is 11.6. The molecule has 33 heavy (non-hydrogen) atoms. The van der Waals surface area contributed by atoms with Gasteiger partial charge in [0, 0.05) is 29.2 Å². The van der Waals surface area contributed by atoms with E-state index >= 15 is 0 Å². The van der Waals surface area contributed by atoms with Crippen molar-refractivity contribution in [2.45, 2.75) is 39.2 Å². The first-order valence-electron chi connectivity index (χ1n) is 11.2. The van der Waals surface area contributed by atoms with Crippen LogP contribution in [0.3, 0.4) is 0 Å². The molecule has 1 aromatic heterocycles. The fourth-order valence-corrected chi connectivity index (χ4v) is 4.36. The van der Waals surface area contributed by atoms with Crippen LogP contribution in [0.2, 0.25) is 5.02 Å². The Kier molecular flexibility index (Phi) is 7.08. The molecule has 0 N–H and O–H groups in total. The second kappa shape index (κ2) is 10.2. The molecule has 0 bridgehead atoms. The van der Waals surface area contributed by atoms with Gasteiger partial charge in [0.2, 0.25) is 17.6 Å². The number of hydrogen-bond donors (Lipinski definition) is 0. The monoisotopic (exact) mass is 466 g/mol. The summed E-state index contributed by atoms with van der Waals surface area (Å²) in [6.45, 7) is 4.82. The number of aromatic nitrogens is 2. The van der Waals surface area contributed by atoms with Crippen LogP contribution in [0, 0.1) is 6.92 Å². The van der Waals surface area contributed by atoms with Crippen LogP contribution < -0.4 is 0 Å². The number of rotatable bonds is 6. The third kappa shape index (κ3) is 5.09. The molecule has 1 unspecified atom stereocenters. The summed E-state index contributed by atoms with van der Waals surface area (Å²) in [4.78, 5) is 34.3. The predicted molar refractivity (Wildman–Crippen MR) is 126 cm³/mol. The predicted octanol–water partition coefficient (Wildman–Crippen LogP) is 4.91. The van der Waals surface area contributed by atoms with Crippen molar-refractivity contribution < 1.29 is 14.1 Å². The van der Waals surface area contributed by atoms with Crippen molar-refractivity contribution in [2.75, 3.05) is 19.6 Å². The minimum atomic E-state index is -0.307. The molecule has 2 amide bonds. The van der Waals surface area contributed by atoms with Crippen molar-refractivity contribution in [3.63, 3.8) is 0 Å². The van der Waals surface area contributed by atoms with Gasteiger partial charge in [-0.2, -0.15) is 4.98 Å². The third-order valence-corrected chi connectivity index (χ3v) is 6.24. The van der Waals surface area contributed by atoms with Crippen molar-refractivity contribution in [2.24, 2.45) is 0 Å². The van der Waals surface area contributed by atoms with Gasteiger partial charge in [-0.1, -0.05) is 47.1 Å². The van der Waals surface area contributed by atoms with E-state index < -0.39 is 0 Å². The number of halogens is 1. The summed E-state index contributed by atoms with van der Waals surface area (Å²) in [6.07, 6.45) is 2.60. The summed E-state index contributed by atoms with van der Waals surface area (Å²) < 4.78 is 5.56. The Bertz CT molecular complexity index is 1150. The van der Waals surface area contributed by atoms with Gasteiger partial charge < -0.3 is 14.3 Å². The van der Waals surface area contributed by atoms with Gasteiger partial charge in [0.1, 0.15) is 12.6 Å². The van der Waals surface area contributed by atoms with Crippen LogP contribution in [-0.2, 0) is 4.79 Å². The molecule has 8 heteroatoms. The maximum Gasteiger partial charge on any atom is 0.254 e. The van der Waals surface area contributed by atoms with Crippen LogP contribution in [0.25, 0.3) is 11.4 Å². The first kappa shape index (κ1) is 23.0. The van der Waals surface area contributed by atoms with Crippen molar-refractivity contribution in [3.8, 4) is 11.4 Å². The number of carbonyl (C=O) groups is 2. The van der Waals surface area contributed by atoms with Gasteiger partial charge in [0.15, 0.2) is 0 Å². The Morgan fingerprint density at radius 3 is 2.76 bits per heavy atom. The van der Waals surface area contributed by atoms with Crippen molar-refractivity contribution in [1.82, 2.24) is 19.9 Å². The summed E-state index contributed by atoms with van der Waals surface area (Å²) in [5.74, 6) is 0.589. The summed E-state index contributed by atoms with van der Waals surface area (Å²) in [5, 5.41) is 4.69. The molecule has 7 nitrogen and oxygen atoms in total. The van der Waals surface area contributed by atoms with Gasteiger partial charge in [-0.05, 0) is 56.9 Å². The van der Waals surface area contributed by atoms with Crippen molar-refractivity contribution in [1.29, 1.82) is 0 Å². The van der Waals surface area contributed by atoms with E-state index in [4.69, 9.17) is 16.1 Å². The highest BCUT2D eigenvalue weighted by molar-refractivity contribution is 6.30. The second-order valence-electron chi connectivity index (χ2n) is 8.20. The van der Waals surface area contributed by atoms with Gasteiger partial charge in [-0.25, -0.2) is 0 Å². The van der Waals surface area contributed by atoms with E-state index in [9.17, 15) is 9.59 Å². The topological polar surface area (TPSA) is 79.5 Å². The van der Waals surface area contributed by atoms with Crippen LogP contribution >= 0.6 is 11.6 Å². The molecule has 4 rings (SSSR count). The fourth-order valence-electron chi connectivity index (χ4n) is 4.17. The van der Waals surface area contributed by atoms with E-state index in [1.54, 1.807) is 28.0 Å². The van der Waals surface area contributed by atoms with E-state index in [-0.39, 0.29) is 24.4 Å². The van der Waals surface area contributed by atoms with Gasteiger partial charge in [-0.3, -0.25) is 9.59 Å². The highest BCUT2D eigenvalue weighted by atomic mass is 35.5. The quantitative estimate of drug-likeness (QED) is 0.515. The van der Waals surface area contributed by atoms with E-state index in [0.29, 0.717) is 35.4 Å². The summed E-state index contributed by atoms with van der Waals surface area (Å²) >= 11 is 6.09. The van der Waals surface area contributed by atoms with Crippen LogP contribution in [0.15, 0.2) is 53.1 Å².